The van der Waals surface area contributed by atoms with Gasteiger partial charge in [-0.05, 0) is 62.2 Å². The Balaban J connectivity index is 1.15. The third-order valence-electron chi connectivity index (χ3n) is 6.14. The van der Waals surface area contributed by atoms with Crippen molar-refractivity contribution in [3.05, 3.63) is 0 Å². The van der Waals surface area contributed by atoms with Crippen molar-refractivity contribution >= 4 is 59.3 Å². The zero-order chi connectivity index (χ0) is 19.1. The molecule has 4 rings (SSSR count). The van der Waals surface area contributed by atoms with Crippen LogP contribution in [0.1, 0.15) is 51.4 Å². The van der Waals surface area contributed by atoms with E-state index < -0.39 is 15.6 Å². The van der Waals surface area contributed by atoms with Gasteiger partial charge in [0, 0.05) is 10.5 Å². The predicted octanol–water partition coefficient (Wildman–Crippen LogP) is 6.62. The molecule has 0 amide bonds. The summed E-state index contributed by atoms with van der Waals surface area (Å²) in [5, 5.41) is 8.58. The van der Waals surface area contributed by atoms with E-state index in [9.17, 15) is 14.4 Å². The highest BCUT2D eigenvalue weighted by molar-refractivity contribution is 8.76. The van der Waals surface area contributed by atoms with Gasteiger partial charge in [0.1, 0.15) is 0 Å². The van der Waals surface area contributed by atoms with Crippen molar-refractivity contribution in [2.24, 2.45) is 23.7 Å². The molecule has 4 aliphatic carbocycles. The lowest BCUT2D eigenvalue weighted by atomic mass is 10.0. The number of fused-ring (bicyclic) bond motifs is 4. The minimum atomic E-state index is -4.56. The molecule has 0 aromatic rings. The van der Waals surface area contributed by atoms with Crippen LogP contribution in [0.4, 0.5) is 0 Å². The molecule has 0 aromatic heterocycles. The van der Waals surface area contributed by atoms with E-state index in [1.54, 1.807) is 0 Å². The van der Waals surface area contributed by atoms with Crippen LogP contribution in [0.3, 0.4) is 0 Å². The molecule has 4 saturated carbocycles. The molecule has 27 heavy (non-hydrogen) atoms. The summed E-state index contributed by atoms with van der Waals surface area (Å²) in [5.41, 5.74) is 0. The topological polar surface area (TPSA) is 109 Å². The van der Waals surface area contributed by atoms with Gasteiger partial charge in [0.15, 0.2) is 0 Å². The van der Waals surface area contributed by atoms with Gasteiger partial charge < -0.3 is 9.79 Å². The molecule has 0 aromatic carbocycles. The Labute approximate surface area is 176 Å². The molecule has 0 aliphatic heterocycles. The lowest BCUT2D eigenvalue weighted by Crippen LogP contribution is -2.11. The quantitative estimate of drug-likeness (QED) is 0.174. The summed E-state index contributed by atoms with van der Waals surface area (Å²) < 4.78 is 26.5. The van der Waals surface area contributed by atoms with Gasteiger partial charge in [-0.3, -0.25) is 0 Å². The van der Waals surface area contributed by atoms with Crippen molar-refractivity contribution < 1.29 is 26.6 Å². The van der Waals surface area contributed by atoms with Crippen molar-refractivity contribution in [2.45, 2.75) is 61.9 Å². The second kappa shape index (κ2) is 9.03. The number of hydrogen-bond donors (Lipinski definition) is 3. The van der Waals surface area contributed by atoms with E-state index in [2.05, 4.69) is 4.31 Å². The highest BCUT2D eigenvalue weighted by Crippen LogP contribution is 2.66. The molecule has 0 radical (unpaired) electrons. The number of hydrogen-bond acceptors (Lipinski definition) is 9. The van der Waals surface area contributed by atoms with Crippen LogP contribution in [0.2, 0.25) is 0 Å². The fourth-order valence-electron chi connectivity index (χ4n) is 4.99. The van der Waals surface area contributed by atoms with Gasteiger partial charge in [-0.25, -0.2) is 17.7 Å². The molecule has 3 N–H and O–H groups in total. The standard InChI is InChI=1S/C14H25NO6P2S4/c15-22(16,20-26-24-13-7-9-1-3-11(13)5-9)19-23(17,18)21-27-25-14-8-10-2-4-12(14)6-10/h9-14H,1-8H2,(H2,15,16)(H,17,18). The van der Waals surface area contributed by atoms with Crippen LogP contribution < -0.4 is 0 Å². The third-order valence-corrected chi connectivity index (χ3v) is 14.8. The molecule has 0 heterocycles. The Morgan fingerprint density at radius 2 is 1.33 bits per heavy atom. The number of phosphoric acid groups is 1. The average Bonchev–Trinajstić information content (AvgIpc) is 3.34. The summed E-state index contributed by atoms with van der Waals surface area (Å²) in [6.45, 7) is 0. The Morgan fingerprint density at radius 3 is 1.78 bits per heavy atom. The van der Waals surface area contributed by atoms with E-state index in [1.807, 2.05) is 0 Å². The first-order valence-corrected chi connectivity index (χ1v) is 16.6. The van der Waals surface area contributed by atoms with Gasteiger partial charge in [-0.15, -0.1) is 0 Å². The van der Waals surface area contributed by atoms with Crippen molar-refractivity contribution in [1.29, 1.82) is 5.16 Å². The Morgan fingerprint density at radius 1 is 0.815 bits per heavy atom. The fourth-order valence-corrected chi connectivity index (χ4v) is 13.5. The highest BCUT2D eigenvalue weighted by Gasteiger charge is 2.42. The van der Waals surface area contributed by atoms with Gasteiger partial charge in [-0.1, -0.05) is 34.4 Å². The molecule has 0 spiro atoms. The summed E-state index contributed by atoms with van der Waals surface area (Å²) in [6.07, 6.45) is 9.81. The average molecular weight is 494 g/mol. The summed E-state index contributed by atoms with van der Waals surface area (Å²) in [5.74, 6) is 2.93. The third kappa shape index (κ3) is 5.88. The minimum Gasteiger partial charge on any atom is -0.318 e. The van der Waals surface area contributed by atoms with E-state index in [-0.39, 0.29) is 0 Å². The molecule has 4 bridgehead atoms. The summed E-state index contributed by atoms with van der Waals surface area (Å²) >= 11 is 1.72. The maximum Gasteiger partial charge on any atom is 0.492 e. The summed E-state index contributed by atoms with van der Waals surface area (Å²) in [7, 11) is -5.82. The lowest BCUT2D eigenvalue weighted by molar-refractivity contribution is 0.280. The zero-order valence-electron chi connectivity index (χ0n) is 14.7. The number of rotatable bonds is 10. The van der Waals surface area contributed by atoms with Gasteiger partial charge in [-0.2, -0.15) is 4.31 Å². The fraction of sp³-hybridized carbons (Fsp3) is 1.00. The first-order chi connectivity index (χ1) is 12.8. The van der Waals surface area contributed by atoms with Crippen LogP contribution in [0.25, 0.3) is 0 Å². The first kappa shape index (κ1) is 21.9. The Kier molecular flexibility index (Phi) is 7.32. The monoisotopic (exact) mass is 493 g/mol. The van der Waals surface area contributed by atoms with Crippen molar-refractivity contribution in [3.8, 4) is 0 Å². The molecular formula is C14H25NO6P2S4. The maximum atomic E-state index is 12.0. The molecule has 13 heteroatoms. The zero-order valence-corrected chi connectivity index (χ0v) is 19.7. The summed E-state index contributed by atoms with van der Waals surface area (Å²) in [4.78, 5) is 19.7. The van der Waals surface area contributed by atoms with Crippen LogP contribution in [-0.4, -0.2) is 20.3 Å². The Hall–Kier alpha value is 1.66. The molecular weight excluding hydrogens is 468 g/mol. The van der Waals surface area contributed by atoms with Crippen LogP contribution in [0.15, 0.2) is 0 Å². The maximum absolute atomic E-state index is 12.0. The minimum absolute atomic E-state index is 0.434. The van der Waals surface area contributed by atoms with E-state index >= 15 is 0 Å². The van der Waals surface area contributed by atoms with Gasteiger partial charge in [0.2, 0.25) is 0 Å². The van der Waals surface area contributed by atoms with Crippen LogP contribution >= 0.6 is 59.3 Å². The first-order valence-electron chi connectivity index (χ1n) is 9.24. The Bertz CT molecular complexity index is 593. The molecule has 8 atom stereocenters. The van der Waals surface area contributed by atoms with Crippen LogP contribution in [0, 0.1) is 28.8 Å². The van der Waals surface area contributed by atoms with E-state index in [0.29, 0.717) is 22.3 Å². The lowest BCUT2D eigenvalue weighted by Gasteiger charge is -2.22. The van der Waals surface area contributed by atoms with E-state index in [1.165, 1.54) is 60.1 Å². The normalized spacial score (nSPS) is 41.7. The molecule has 8 unspecified atom stereocenters. The molecule has 0 saturated heterocycles. The van der Waals surface area contributed by atoms with Crippen LogP contribution in [-0.2, 0) is 16.8 Å². The molecule has 7 nitrogen and oxygen atoms in total. The van der Waals surface area contributed by atoms with Crippen molar-refractivity contribution in [3.63, 3.8) is 0 Å². The second-order valence-electron chi connectivity index (χ2n) is 7.97. The molecule has 156 valence electrons. The van der Waals surface area contributed by atoms with E-state index in [0.717, 1.165) is 46.8 Å². The smallest absolute Gasteiger partial charge is 0.318 e. The molecule has 4 fully saturated rings. The van der Waals surface area contributed by atoms with Crippen LogP contribution in [0.5, 0.6) is 0 Å². The predicted molar refractivity (Wildman–Crippen MR) is 114 cm³/mol. The molecule has 4 aliphatic rings. The second-order valence-corrected chi connectivity index (χ2v) is 15.6. The van der Waals surface area contributed by atoms with Gasteiger partial charge >= 0.3 is 15.6 Å². The highest BCUT2D eigenvalue weighted by atomic mass is 33.1. The van der Waals surface area contributed by atoms with Crippen molar-refractivity contribution in [1.82, 2.24) is 0 Å². The van der Waals surface area contributed by atoms with Gasteiger partial charge in [0.25, 0.3) is 0 Å². The van der Waals surface area contributed by atoms with Crippen molar-refractivity contribution in [2.75, 3.05) is 0 Å². The largest absolute Gasteiger partial charge is 0.492 e. The SMILES string of the molecule is N=P(O)(OSSC1CC2CCC1C2)OP(=O)(O)OSSC1CC2CCC1C2. The van der Waals surface area contributed by atoms with Gasteiger partial charge in [0.05, 0.1) is 22.1 Å². The van der Waals surface area contributed by atoms with E-state index in [4.69, 9.17) is 13.1 Å². The summed E-state index contributed by atoms with van der Waals surface area (Å²) in [6, 6.07) is 0. The number of nitrogens with one attached hydrogen (secondary N) is 1.